The molecular weight excluding hydrogens is 632 g/mol. The molecule has 0 saturated carbocycles. The van der Waals surface area contributed by atoms with Crippen LogP contribution in [0, 0.1) is 5.92 Å². The summed E-state index contributed by atoms with van der Waals surface area (Å²) < 4.78 is 0. The lowest BCUT2D eigenvalue weighted by Gasteiger charge is -2.29. The Hall–Kier alpha value is -4.69. The van der Waals surface area contributed by atoms with Gasteiger partial charge in [-0.15, -0.1) is 11.3 Å². The first-order valence-corrected chi connectivity index (χ1v) is 16.9. The van der Waals surface area contributed by atoms with Crippen molar-refractivity contribution < 1.29 is 24.0 Å². The van der Waals surface area contributed by atoms with E-state index in [1.807, 2.05) is 47.4 Å². The summed E-state index contributed by atoms with van der Waals surface area (Å²) in [5.41, 5.74) is 1.99. The van der Waals surface area contributed by atoms with E-state index in [0.717, 1.165) is 11.1 Å². The fourth-order valence-electron chi connectivity index (χ4n) is 5.26. The van der Waals surface area contributed by atoms with Gasteiger partial charge in [0.25, 0.3) is 5.91 Å². The van der Waals surface area contributed by atoms with Crippen molar-refractivity contribution in [3.05, 3.63) is 82.1 Å². The van der Waals surface area contributed by atoms with Crippen LogP contribution in [0.25, 0.3) is 0 Å². The number of nitrogens with zero attached hydrogens (tertiary/aromatic N) is 4. The molecule has 0 aliphatic carbocycles. The smallest absolute Gasteiger partial charge is 0.271 e. The second kappa shape index (κ2) is 16.9. The minimum absolute atomic E-state index is 0.0224. The topological polar surface area (TPSA) is 166 Å². The fourth-order valence-corrected chi connectivity index (χ4v) is 6.10. The van der Waals surface area contributed by atoms with Gasteiger partial charge in [-0.05, 0) is 43.4 Å². The summed E-state index contributed by atoms with van der Waals surface area (Å²) in [5.74, 6) is -2.51. The third-order valence-corrected chi connectivity index (χ3v) is 8.97. The second-order valence-electron chi connectivity index (χ2n) is 12.4. The molecule has 0 radical (unpaired) electrons. The fraction of sp³-hybridized carbons (Fsp3) is 0.441. The quantitative estimate of drug-likeness (QED) is 0.317. The van der Waals surface area contributed by atoms with Crippen molar-refractivity contribution in [1.82, 2.24) is 41.0 Å². The number of hydrogen-bond acceptors (Lipinski definition) is 9. The van der Waals surface area contributed by atoms with Crippen molar-refractivity contribution in [3.8, 4) is 0 Å². The van der Waals surface area contributed by atoms with E-state index >= 15 is 0 Å². The van der Waals surface area contributed by atoms with Crippen molar-refractivity contribution in [1.29, 1.82) is 0 Å². The zero-order valence-corrected chi connectivity index (χ0v) is 28.8. The molecule has 0 saturated heterocycles. The Labute approximate surface area is 284 Å². The van der Waals surface area contributed by atoms with Crippen LogP contribution < -0.4 is 21.3 Å². The summed E-state index contributed by atoms with van der Waals surface area (Å²) in [6, 6.07) is 10.1. The molecule has 1 aromatic carbocycles. The summed E-state index contributed by atoms with van der Waals surface area (Å²) in [6.07, 6.45) is 3.85. The van der Waals surface area contributed by atoms with Gasteiger partial charge in [0.15, 0.2) is 0 Å². The monoisotopic (exact) mass is 676 g/mol. The number of pyridine rings is 1. The van der Waals surface area contributed by atoms with E-state index in [-0.39, 0.29) is 36.5 Å². The van der Waals surface area contributed by atoms with Crippen LogP contribution in [0.5, 0.6) is 0 Å². The highest BCUT2D eigenvalue weighted by Crippen LogP contribution is 2.23. The maximum absolute atomic E-state index is 13.6. The molecular formula is C34H44N8O5S. The molecule has 48 heavy (non-hydrogen) atoms. The Morgan fingerprint density at radius 2 is 1.60 bits per heavy atom. The molecule has 0 unspecified atom stereocenters. The third kappa shape index (κ3) is 10.2. The minimum Gasteiger partial charge on any atom is -0.345 e. The molecule has 2 aromatic heterocycles. The lowest BCUT2D eigenvalue weighted by atomic mass is 10.0. The molecule has 2 bridgehead atoms. The van der Waals surface area contributed by atoms with Gasteiger partial charge in [-0.25, -0.2) is 4.98 Å². The van der Waals surface area contributed by atoms with Crippen LogP contribution in [0.15, 0.2) is 60.2 Å². The maximum atomic E-state index is 13.6. The van der Waals surface area contributed by atoms with Crippen LogP contribution in [0.2, 0.25) is 0 Å². The normalized spacial score (nSPS) is 22.7. The molecule has 0 fully saturated rings. The van der Waals surface area contributed by atoms with E-state index in [9.17, 15) is 24.0 Å². The van der Waals surface area contributed by atoms with E-state index in [1.54, 1.807) is 45.6 Å². The zero-order valence-electron chi connectivity index (χ0n) is 27.9. The summed E-state index contributed by atoms with van der Waals surface area (Å²) in [4.78, 5) is 78.6. The Morgan fingerprint density at radius 3 is 2.29 bits per heavy atom. The predicted molar refractivity (Wildman–Crippen MR) is 182 cm³/mol. The molecule has 1 aliphatic rings. The van der Waals surface area contributed by atoms with Gasteiger partial charge in [0, 0.05) is 44.5 Å². The molecule has 4 N–H and O–H groups in total. The number of likely N-dealkylation sites (N-methyl/N-ethyl adjacent to an activating group) is 1. The SMILES string of the molecule is CC(C)[C@@H]1NC(=O)[C@H](C)NC(=O)c2csc(n2)[C@H](Cc2ccccc2)NC(=O)CN(Cc2cccnc2)CCN(C)C(=O)[C@@H](C)NC1=O. The number of rotatable bonds is 5. The molecule has 5 amide bonds. The lowest BCUT2D eigenvalue weighted by Crippen LogP contribution is -2.57. The van der Waals surface area contributed by atoms with Crippen LogP contribution in [-0.2, 0) is 32.1 Å². The molecule has 4 atom stereocenters. The van der Waals surface area contributed by atoms with Crippen molar-refractivity contribution in [2.45, 2.75) is 64.8 Å². The van der Waals surface area contributed by atoms with Crippen LogP contribution in [0.4, 0.5) is 0 Å². The number of aromatic nitrogens is 2. The first kappa shape index (κ1) is 36.2. The maximum Gasteiger partial charge on any atom is 0.271 e. The summed E-state index contributed by atoms with van der Waals surface area (Å²) in [5, 5.41) is 13.3. The van der Waals surface area contributed by atoms with Crippen LogP contribution >= 0.6 is 11.3 Å². The Balaban J connectivity index is 1.65. The zero-order chi connectivity index (χ0) is 34.8. The highest BCUT2D eigenvalue weighted by molar-refractivity contribution is 7.09. The third-order valence-electron chi connectivity index (χ3n) is 8.01. The van der Waals surface area contributed by atoms with Crippen molar-refractivity contribution in [2.24, 2.45) is 5.92 Å². The van der Waals surface area contributed by atoms with Crippen molar-refractivity contribution in [2.75, 3.05) is 26.7 Å². The van der Waals surface area contributed by atoms with Gasteiger partial charge in [-0.2, -0.15) is 0 Å². The number of fused-ring (bicyclic) bond motifs is 2. The Kier molecular flexibility index (Phi) is 12.7. The molecule has 3 aromatic rings. The standard InChI is InChI=1S/C34H44N8O5S/c1-21(2)29-32(46)37-23(4)34(47)41(5)14-15-42(18-25-12-9-13-35-17-25)19-28(43)38-26(16-24-10-7-6-8-11-24)33-39-27(20-48-33)31(45)36-22(3)30(44)40-29/h6-13,17,20-23,26,29H,14-16,18-19H2,1-5H3,(H,36,45)(H,37,46)(H,38,43)(H,40,44)/t22-,23+,26-,29-/m0/s1. The van der Waals surface area contributed by atoms with Gasteiger partial charge in [0.05, 0.1) is 12.6 Å². The van der Waals surface area contributed by atoms with Crippen molar-refractivity contribution >= 4 is 40.9 Å². The van der Waals surface area contributed by atoms with Gasteiger partial charge in [0.2, 0.25) is 23.6 Å². The average Bonchev–Trinajstić information content (AvgIpc) is 3.56. The first-order valence-electron chi connectivity index (χ1n) is 16.0. The molecule has 256 valence electrons. The summed E-state index contributed by atoms with van der Waals surface area (Å²) in [7, 11) is 1.64. The number of amides is 5. The minimum atomic E-state index is -0.985. The van der Waals surface area contributed by atoms with Crippen molar-refractivity contribution in [3.63, 3.8) is 0 Å². The predicted octanol–water partition coefficient (Wildman–Crippen LogP) is 1.68. The molecule has 14 heteroatoms. The highest BCUT2D eigenvalue weighted by atomic mass is 32.1. The molecule has 0 spiro atoms. The van der Waals surface area contributed by atoms with Crippen LogP contribution in [-0.4, -0.2) is 94.1 Å². The number of carbonyl (C=O) groups excluding carboxylic acids is 5. The van der Waals surface area contributed by atoms with Crippen LogP contribution in [0.3, 0.4) is 0 Å². The van der Waals surface area contributed by atoms with E-state index < -0.39 is 41.9 Å². The number of carbonyl (C=O) groups is 5. The number of thiazole rings is 1. The van der Waals surface area contributed by atoms with Gasteiger partial charge >= 0.3 is 0 Å². The van der Waals surface area contributed by atoms with Gasteiger partial charge in [0.1, 0.15) is 28.8 Å². The summed E-state index contributed by atoms with van der Waals surface area (Å²) >= 11 is 1.24. The highest BCUT2D eigenvalue weighted by Gasteiger charge is 2.31. The molecule has 13 nitrogen and oxygen atoms in total. The number of nitrogens with one attached hydrogen (secondary N) is 4. The summed E-state index contributed by atoms with van der Waals surface area (Å²) in [6.45, 7) is 7.74. The van der Waals surface area contributed by atoms with Gasteiger partial charge < -0.3 is 26.2 Å². The Bertz CT molecular complexity index is 1570. The van der Waals surface area contributed by atoms with E-state index in [0.29, 0.717) is 24.5 Å². The molecule has 1 aliphatic heterocycles. The van der Waals surface area contributed by atoms with E-state index in [1.165, 1.54) is 23.2 Å². The Morgan fingerprint density at radius 1 is 0.875 bits per heavy atom. The number of benzene rings is 1. The van der Waals surface area contributed by atoms with E-state index in [4.69, 9.17) is 0 Å². The lowest BCUT2D eigenvalue weighted by molar-refractivity contribution is -0.136. The van der Waals surface area contributed by atoms with Gasteiger partial charge in [-0.3, -0.25) is 33.9 Å². The average molecular weight is 677 g/mol. The first-order chi connectivity index (χ1) is 22.9. The van der Waals surface area contributed by atoms with Gasteiger partial charge in [-0.1, -0.05) is 50.2 Å². The largest absolute Gasteiger partial charge is 0.345 e. The second-order valence-corrected chi connectivity index (χ2v) is 13.3. The van der Waals surface area contributed by atoms with Crippen LogP contribution in [0.1, 0.15) is 60.4 Å². The van der Waals surface area contributed by atoms with E-state index in [2.05, 4.69) is 31.2 Å². The number of hydrogen-bond donors (Lipinski definition) is 4. The molecule has 3 heterocycles. The molecule has 4 rings (SSSR count).